The van der Waals surface area contributed by atoms with Gasteiger partial charge >= 0.3 is 5.97 Å². The van der Waals surface area contributed by atoms with E-state index in [0.717, 1.165) is 12.8 Å². The number of rotatable bonds is 9. The van der Waals surface area contributed by atoms with Crippen LogP contribution in [0.2, 0.25) is 0 Å². The van der Waals surface area contributed by atoms with Crippen molar-refractivity contribution in [2.75, 3.05) is 6.61 Å². The number of unbranched alkanes of at least 4 members (excludes halogenated alkanes) is 4. The molecule has 100 valence electrons. The molecule has 0 amide bonds. The van der Waals surface area contributed by atoms with Crippen LogP contribution in [0.4, 0.5) is 0 Å². The zero-order valence-electron chi connectivity index (χ0n) is 11.5. The molecule has 0 aromatic heterocycles. The van der Waals surface area contributed by atoms with Gasteiger partial charge in [-0.2, -0.15) is 0 Å². The zero-order chi connectivity index (χ0) is 12.7. The van der Waals surface area contributed by atoms with E-state index in [4.69, 9.17) is 9.47 Å². The average Bonchev–Trinajstić information content (AvgIpc) is 2.90. The third kappa shape index (κ3) is 4.66. The molecule has 1 rings (SSSR count). The van der Waals surface area contributed by atoms with Crippen LogP contribution < -0.4 is 0 Å². The zero-order valence-corrected chi connectivity index (χ0v) is 11.5. The molecule has 0 bridgehead atoms. The number of hydrogen-bond donors (Lipinski definition) is 0. The van der Waals surface area contributed by atoms with Crippen molar-refractivity contribution in [1.82, 2.24) is 0 Å². The Morgan fingerprint density at radius 1 is 1.24 bits per heavy atom. The van der Waals surface area contributed by atoms with Crippen molar-refractivity contribution < 1.29 is 14.3 Å². The first kappa shape index (κ1) is 14.5. The molecular formula is C14H26O3. The maximum Gasteiger partial charge on any atom is 0.305 e. The third-order valence-corrected chi connectivity index (χ3v) is 3.35. The smallest absolute Gasteiger partial charge is 0.305 e. The molecule has 0 spiro atoms. The van der Waals surface area contributed by atoms with Gasteiger partial charge in [0.05, 0.1) is 0 Å². The normalized spacial score (nSPS) is 26.9. The lowest BCUT2D eigenvalue weighted by atomic mass is 10.1. The molecular weight excluding hydrogens is 216 g/mol. The minimum atomic E-state index is -0.564. The SMILES string of the molecule is CCCCCCC[C@@H]1C[C@@]1(OCC)OC(C)=O. The highest BCUT2D eigenvalue weighted by atomic mass is 16.7. The Kier molecular flexibility index (Phi) is 5.96. The van der Waals surface area contributed by atoms with E-state index in [1.807, 2.05) is 6.92 Å². The van der Waals surface area contributed by atoms with Gasteiger partial charge in [-0.3, -0.25) is 4.79 Å². The topological polar surface area (TPSA) is 35.5 Å². The minimum absolute atomic E-state index is 0.230. The molecule has 0 aromatic carbocycles. The Balaban J connectivity index is 2.20. The summed E-state index contributed by atoms with van der Waals surface area (Å²) in [6.45, 7) is 6.24. The monoisotopic (exact) mass is 242 g/mol. The van der Waals surface area contributed by atoms with Gasteiger partial charge < -0.3 is 9.47 Å². The molecule has 0 radical (unpaired) electrons. The van der Waals surface area contributed by atoms with E-state index in [1.165, 1.54) is 39.0 Å². The van der Waals surface area contributed by atoms with Crippen LogP contribution in [0.15, 0.2) is 0 Å². The molecule has 0 unspecified atom stereocenters. The van der Waals surface area contributed by atoms with E-state index in [2.05, 4.69) is 6.92 Å². The summed E-state index contributed by atoms with van der Waals surface area (Å²) in [7, 11) is 0. The van der Waals surface area contributed by atoms with E-state index < -0.39 is 5.79 Å². The predicted molar refractivity (Wildman–Crippen MR) is 67.6 cm³/mol. The summed E-state index contributed by atoms with van der Waals surface area (Å²) in [5.41, 5.74) is 0. The van der Waals surface area contributed by atoms with Crippen molar-refractivity contribution in [3.05, 3.63) is 0 Å². The van der Waals surface area contributed by atoms with Crippen LogP contribution in [0.5, 0.6) is 0 Å². The van der Waals surface area contributed by atoms with Gasteiger partial charge in [0, 0.05) is 25.9 Å². The molecule has 3 heteroatoms. The predicted octanol–water partition coefficient (Wildman–Crippen LogP) is 3.66. The summed E-state index contributed by atoms with van der Waals surface area (Å²) < 4.78 is 10.9. The van der Waals surface area contributed by atoms with Gasteiger partial charge in [-0.15, -0.1) is 0 Å². The summed E-state index contributed by atoms with van der Waals surface area (Å²) in [5, 5.41) is 0. The molecule has 2 atom stereocenters. The van der Waals surface area contributed by atoms with Crippen LogP contribution in [-0.4, -0.2) is 18.4 Å². The molecule has 1 aliphatic carbocycles. The van der Waals surface area contributed by atoms with E-state index in [9.17, 15) is 4.79 Å². The Morgan fingerprint density at radius 2 is 1.94 bits per heavy atom. The number of esters is 1. The molecule has 0 aliphatic heterocycles. The highest BCUT2D eigenvalue weighted by molar-refractivity contribution is 5.66. The van der Waals surface area contributed by atoms with Crippen LogP contribution in [-0.2, 0) is 14.3 Å². The Hall–Kier alpha value is -0.570. The minimum Gasteiger partial charge on any atom is -0.433 e. The number of hydrogen-bond acceptors (Lipinski definition) is 3. The van der Waals surface area contributed by atoms with Crippen molar-refractivity contribution in [1.29, 1.82) is 0 Å². The molecule has 3 nitrogen and oxygen atoms in total. The van der Waals surface area contributed by atoms with Gasteiger partial charge in [0.15, 0.2) is 0 Å². The van der Waals surface area contributed by atoms with Crippen LogP contribution in [0.1, 0.15) is 65.7 Å². The Morgan fingerprint density at radius 3 is 2.53 bits per heavy atom. The van der Waals surface area contributed by atoms with E-state index in [1.54, 1.807) is 0 Å². The number of carbonyl (C=O) groups excluding carboxylic acids is 1. The van der Waals surface area contributed by atoms with E-state index >= 15 is 0 Å². The molecule has 1 fully saturated rings. The summed E-state index contributed by atoms with van der Waals surface area (Å²) in [5.74, 6) is -0.370. The quantitative estimate of drug-likeness (QED) is 0.351. The maximum atomic E-state index is 11.0. The van der Waals surface area contributed by atoms with Gasteiger partial charge in [-0.25, -0.2) is 0 Å². The highest BCUT2D eigenvalue weighted by Gasteiger charge is 2.58. The van der Waals surface area contributed by atoms with E-state index in [-0.39, 0.29) is 5.97 Å². The second-order valence-corrected chi connectivity index (χ2v) is 4.94. The largest absolute Gasteiger partial charge is 0.433 e. The van der Waals surface area contributed by atoms with Gasteiger partial charge in [0.1, 0.15) is 0 Å². The lowest BCUT2D eigenvalue weighted by molar-refractivity contribution is -0.191. The molecule has 0 N–H and O–H groups in total. The van der Waals surface area contributed by atoms with Crippen molar-refractivity contribution in [3.63, 3.8) is 0 Å². The number of ether oxygens (including phenoxy) is 2. The van der Waals surface area contributed by atoms with Gasteiger partial charge in [0.25, 0.3) is 0 Å². The van der Waals surface area contributed by atoms with E-state index in [0.29, 0.717) is 12.5 Å². The van der Waals surface area contributed by atoms with Crippen molar-refractivity contribution in [2.45, 2.75) is 71.5 Å². The van der Waals surface area contributed by atoms with Gasteiger partial charge in [-0.1, -0.05) is 39.0 Å². The molecule has 0 heterocycles. The lowest BCUT2D eigenvalue weighted by Gasteiger charge is -2.17. The summed E-state index contributed by atoms with van der Waals surface area (Å²) in [6.07, 6.45) is 8.43. The maximum absolute atomic E-state index is 11.0. The lowest BCUT2D eigenvalue weighted by Crippen LogP contribution is -2.24. The summed E-state index contributed by atoms with van der Waals surface area (Å²) in [6, 6.07) is 0. The fourth-order valence-electron chi connectivity index (χ4n) is 2.42. The first-order valence-electron chi connectivity index (χ1n) is 6.98. The van der Waals surface area contributed by atoms with Crippen LogP contribution in [0.3, 0.4) is 0 Å². The fourth-order valence-corrected chi connectivity index (χ4v) is 2.42. The van der Waals surface area contributed by atoms with Crippen molar-refractivity contribution in [3.8, 4) is 0 Å². The second kappa shape index (κ2) is 7.00. The summed E-state index contributed by atoms with van der Waals surface area (Å²) in [4.78, 5) is 11.0. The molecule has 17 heavy (non-hydrogen) atoms. The average molecular weight is 242 g/mol. The Labute approximate surface area is 105 Å². The van der Waals surface area contributed by atoms with Crippen molar-refractivity contribution in [2.24, 2.45) is 5.92 Å². The number of carbonyl (C=O) groups is 1. The summed E-state index contributed by atoms with van der Waals surface area (Å²) >= 11 is 0. The van der Waals surface area contributed by atoms with Crippen LogP contribution >= 0.6 is 0 Å². The van der Waals surface area contributed by atoms with Gasteiger partial charge in [-0.05, 0) is 13.3 Å². The molecule has 1 saturated carbocycles. The van der Waals surface area contributed by atoms with Crippen molar-refractivity contribution >= 4 is 5.97 Å². The Bertz CT molecular complexity index is 240. The molecule has 0 saturated heterocycles. The molecule has 1 aliphatic rings. The third-order valence-electron chi connectivity index (χ3n) is 3.35. The van der Waals surface area contributed by atoms with Crippen LogP contribution in [0, 0.1) is 5.92 Å². The standard InChI is InChI=1S/C14H26O3/c1-4-6-7-8-9-10-13-11-14(13,16-5-2)17-12(3)15/h13H,4-11H2,1-3H3/t13-,14-/m1/s1. The highest BCUT2D eigenvalue weighted by Crippen LogP contribution is 2.50. The fraction of sp³-hybridized carbons (Fsp3) is 0.929. The first-order valence-corrected chi connectivity index (χ1v) is 6.98. The van der Waals surface area contributed by atoms with Gasteiger partial charge in [0.2, 0.25) is 5.79 Å². The second-order valence-electron chi connectivity index (χ2n) is 4.94. The van der Waals surface area contributed by atoms with Crippen LogP contribution in [0.25, 0.3) is 0 Å². The molecule has 0 aromatic rings. The first-order chi connectivity index (χ1) is 8.14.